The molecule has 1 atom stereocenters. The molecule has 0 aromatic heterocycles. The maximum absolute atomic E-state index is 5.37. The molecular weight excluding hydrogens is 263 g/mol. The van der Waals surface area contributed by atoms with Crippen molar-refractivity contribution in [1.29, 1.82) is 0 Å². The van der Waals surface area contributed by atoms with Crippen LogP contribution < -0.4 is 4.74 Å². The second-order valence-corrected chi connectivity index (χ2v) is 5.27. The Hall–Kier alpha value is -0.461. The van der Waals surface area contributed by atoms with E-state index < -0.39 is 0 Å². The number of hydrogen-bond donors (Lipinski definition) is 0. The van der Waals surface area contributed by atoms with Crippen molar-refractivity contribution in [3.8, 4) is 5.75 Å². The van der Waals surface area contributed by atoms with Crippen LogP contribution in [0.25, 0.3) is 0 Å². The predicted molar refractivity (Wildman–Crippen MR) is 70.2 cm³/mol. The van der Waals surface area contributed by atoms with Gasteiger partial charge in [0, 0.05) is 0 Å². The van der Waals surface area contributed by atoms with Gasteiger partial charge in [0.2, 0.25) is 0 Å². The van der Waals surface area contributed by atoms with Gasteiger partial charge >= 0.3 is 107 Å². The van der Waals surface area contributed by atoms with Crippen molar-refractivity contribution in [2.45, 2.75) is 43.8 Å². The molecular formula is C14H21OSe. The third-order valence-electron chi connectivity index (χ3n) is 2.81. The van der Waals surface area contributed by atoms with Gasteiger partial charge in [-0.25, -0.2) is 0 Å². The third-order valence-corrected chi connectivity index (χ3v) is 3.83. The van der Waals surface area contributed by atoms with Crippen LogP contribution >= 0.6 is 0 Å². The molecule has 0 N–H and O–H groups in total. The summed E-state index contributed by atoms with van der Waals surface area (Å²) in [6.07, 6.45) is 6.49. The summed E-state index contributed by atoms with van der Waals surface area (Å²) in [6, 6.07) is 8.28. The zero-order valence-electron chi connectivity index (χ0n) is 10.2. The summed E-state index contributed by atoms with van der Waals surface area (Å²) >= 11 is 3.26. The Morgan fingerprint density at radius 2 is 1.94 bits per heavy atom. The van der Waals surface area contributed by atoms with Crippen LogP contribution in [0.5, 0.6) is 5.75 Å². The molecule has 0 saturated carbocycles. The first-order valence-corrected chi connectivity index (χ1v) is 7.07. The van der Waals surface area contributed by atoms with Crippen LogP contribution in [0.15, 0.2) is 24.3 Å². The first kappa shape index (κ1) is 13.6. The van der Waals surface area contributed by atoms with E-state index in [2.05, 4.69) is 35.1 Å². The van der Waals surface area contributed by atoms with Gasteiger partial charge in [0.15, 0.2) is 0 Å². The molecule has 0 spiro atoms. The molecule has 0 bridgehead atoms. The van der Waals surface area contributed by atoms with Crippen molar-refractivity contribution in [3.63, 3.8) is 0 Å². The van der Waals surface area contributed by atoms with E-state index in [4.69, 9.17) is 4.74 Å². The van der Waals surface area contributed by atoms with Crippen molar-refractivity contribution in [2.24, 2.45) is 0 Å². The minimum absolute atomic E-state index is 0.480. The summed E-state index contributed by atoms with van der Waals surface area (Å²) in [5, 5.41) is 0. The molecule has 0 amide bonds. The molecule has 1 aromatic rings. The molecule has 89 valence electrons. The average Bonchev–Trinajstić information content (AvgIpc) is 2.34. The number of para-hydroxylation sites is 1. The number of rotatable bonds is 7. The molecule has 0 heterocycles. The third kappa shape index (κ3) is 4.19. The van der Waals surface area contributed by atoms with Crippen LogP contribution in [0, 0.1) is 0 Å². The van der Waals surface area contributed by atoms with Crippen LogP contribution in [0.2, 0.25) is 0 Å². The topological polar surface area (TPSA) is 9.23 Å². The molecule has 16 heavy (non-hydrogen) atoms. The van der Waals surface area contributed by atoms with Crippen LogP contribution in [0.1, 0.15) is 49.4 Å². The van der Waals surface area contributed by atoms with Gasteiger partial charge in [-0.15, -0.1) is 0 Å². The molecule has 0 aliphatic rings. The number of unbranched alkanes of at least 4 members (excludes halogenated alkanes) is 3. The van der Waals surface area contributed by atoms with Crippen LogP contribution in [-0.4, -0.2) is 23.1 Å². The van der Waals surface area contributed by atoms with Gasteiger partial charge in [0.25, 0.3) is 0 Å². The van der Waals surface area contributed by atoms with Gasteiger partial charge in [0.05, 0.1) is 0 Å². The molecule has 1 aromatic carbocycles. The second-order valence-electron chi connectivity index (χ2n) is 4.08. The molecule has 2 heteroatoms. The van der Waals surface area contributed by atoms with Gasteiger partial charge in [0.1, 0.15) is 0 Å². The Balaban J connectivity index is 2.48. The summed E-state index contributed by atoms with van der Waals surface area (Å²) in [5.74, 6) is 1.00. The fourth-order valence-electron chi connectivity index (χ4n) is 1.84. The SMILES string of the molecule is CCCCCCC([Se])c1ccccc1OC. The van der Waals surface area contributed by atoms with E-state index in [1.807, 2.05) is 12.1 Å². The van der Waals surface area contributed by atoms with Crippen molar-refractivity contribution < 1.29 is 4.74 Å². The molecule has 1 nitrogen and oxygen atoms in total. The van der Waals surface area contributed by atoms with E-state index in [1.165, 1.54) is 37.7 Å². The number of hydrogen-bond acceptors (Lipinski definition) is 1. The van der Waals surface area contributed by atoms with Crippen LogP contribution in [-0.2, 0) is 0 Å². The zero-order chi connectivity index (χ0) is 11.8. The number of methoxy groups -OCH3 is 1. The standard InChI is InChI=1S/C14H21OSe/c1-3-4-5-6-11-14(16)12-9-7-8-10-13(12)15-2/h7-10,14H,3-6,11H2,1-2H3. The minimum atomic E-state index is 0.480. The quantitative estimate of drug-likeness (QED) is 0.545. The molecule has 0 saturated heterocycles. The molecule has 0 aliphatic carbocycles. The second kappa shape index (κ2) is 7.75. The summed E-state index contributed by atoms with van der Waals surface area (Å²) in [6.45, 7) is 2.25. The molecule has 0 aliphatic heterocycles. The van der Waals surface area contributed by atoms with E-state index in [0.29, 0.717) is 4.82 Å². The predicted octanol–water partition coefficient (Wildman–Crippen LogP) is 3.88. The van der Waals surface area contributed by atoms with Gasteiger partial charge < -0.3 is 0 Å². The molecule has 1 radical (unpaired) electrons. The number of ether oxygens (including phenoxy) is 1. The van der Waals surface area contributed by atoms with Crippen molar-refractivity contribution in [3.05, 3.63) is 29.8 Å². The van der Waals surface area contributed by atoms with Crippen molar-refractivity contribution >= 4 is 16.0 Å². The van der Waals surface area contributed by atoms with E-state index in [1.54, 1.807) is 7.11 Å². The van der Waals surface area contributed by atoms with Gasteiger partial charge in [-0.05, 0) is 0 Å². The van der Waals surface area contributed by atoms with Crippen molar-refractivity contribution in [2.75, 3.05) is 7.11 Å². The zero-order valence-corrected chi connectivity index (χ0v) is 12.0. The average molecular weight is 284 g/mol. The van der Waals surface area contributed by atoms with Crippen LogP contribution in [0.3, 0.4) is 0 Å². The Morgan fingerprint density at radius 3 is 2.62 bits per heavy atom. The number of benzene rings is 1. The molecule has 0 fully saturated rings. The normalized spacial score (nSPS) is 12.4. The Bertz CT molecular complexity index is 299. The summed E-state index contributed by atoms with van der Waals surface area (Å²) in [7, 11) is 1.74. The maximum atomic E-state index is 5.37. The molecule has 1 unspecified atom stereocenters. The summed E-state index contributed by atoms with van der Waals surface area (Å²) < 4.78 is 5.37. The van der Waals surface area contributed by atoms with Gasteiger partial charge in [-0.2, -0.15) is 0 Å². The monoisotopic (exact) mass is 285 g/mol. The van der Waals surface area contributed by atoms with Gasteiger partial charge in [-0.3, -0.25) is 0 Å². The van der Waals surface area contributed by atoms with Crippen molar-refractivity contribution in [1.82, 2.24) is 0 Å². The first-order valence-electron chi connectivity index (χ1n) is 6.08. The fourth-order valence-corrected chi connectivity index (χ4v) is 2.60. The van der Waals surface area contributed by atoms with E-state index in [9.17, 15) is 0 Å². The fraction of sp³-hybridized carbons (Fsp3) is 0.571. The Labute approximate surface area is 107 Å². The van der Waals surface area contributed by atoms with Crippen LogP contribution in [0.4, 0.5) is 0 Å². The first-order chi connectivity index (χ1) is 7.79. The summed E-state index contributed by atoms with van der Waals surface area (Å²) in [4.78, 5) is 0.480. The van der Waals surface area contributed by atoms with Gasteiger partial charge in [-0.1, -0.05) is 0 Å². The van der Waals surface area contributed by atoms with E-state index in [0.717, 1.165) is 5.75 Å². The summed E-state index contributed by atoms with van der Waals surface area (Å²) in [5.41, 5.74) is 1.29. The van der Waals surface area contributed by atoms with E-state index in [-0.39, 0.29) is 0 Å². The Kier molecular flexibility index (Phi) is 6.59. The van der Waals surface area contributed by atoms with E-state index >= 15 is 0 Å². The Morgan fingerprint density at radius 1 is 1.19 bits per heavy atom. The molecule has 1 rings (SSSR count).